The fourth-order valence-corrected chi connectivity index (χ4v) is 5.06. The zero-order valence-electron chi connectivity index (χ0n) is 19.5. The van der Waals surface area contributed by atoms with E-state index < -0.39 is 11.6 Å². The van der Waals surface area contributed by atoms with Crippen LogP contribution in [-0.4, -0.2) is 58.7 Å². The molecule has 9 nitrogen and oxygen atoms in total. The van der Waals surface area contributed by atoms with Gasteiger partial charge >= 0.3 is 6.03 Å². The number of urea groups is 1. The summed E-state index contributed by atoms with van der Waals surface area (Å²) in [7, 11) is 1.93. The third kappa shape index (κ3) is 3.39. The molecule has 3 heterocycles. The average molecular weight is 461 g/mol. The molecule has 0 unspecified atom stereocenters. The van der Waals surface area contributed by atoms with Crippen molar-refractivity contribution in [1.29, 1.82) is 0 Å². The number of nitrogens with zero attached hydrogens (tertiary/aromatic N) is 4. The number of imide groups is 1. The van der Waals surface area contributed by atoms with Crippen molar-refractivity contribution in [2.45, 2.75) is 19.4 Å². The van der Waals surface area contributed by atoms with Gasteiger partial charge in [-0.1, -0.05) is 32.0 Å². The number of fused-ring (bicyclic) bond motifs is 1. The number of anilines is 1. The predicted octanol–water partition coefficient (Wildman–Crippen LogP) is 2.23. The topological polar surface area (TPSA) is 99.6 Å². The zero-order valence-corrected chi connectivity index (χ0v) is 19.5. The highest BCUT2D eigenvalue weighted by Crippen LogP contribution is 2.33. The van der Waals surface area contributed by atoms with Crippen LogP contribution >= 0.6 is 0 Å². The van der Waals surface area contributed by atoms with Crippen LogP contribution in [0.4, 0.5) is 10.5 Å². The lowest BCUT2D eigenvalue weighted by Crippen LogP contribution is -2.49. The number of rotatable bonds is 4. The van der Waals surface area contributed by atoms with Crippen molar-refractivity contribution in [3.05, 3.63) is 59.8 Å². The molecular formula is C25H28N6O3. The number of piperazine rings is 1. The Balaban J connectivity index is 1.30. The Kier molecular flexibility index (Phi) is 5.27. The first-order chi connectivity index (χ1) is 16.3. The Morgan fingerprint density at radius 2 is 1.74 bits per heavy atom. The van der Waals surface area contributed by atoms with Gasteiger partial charge in [0.25, 0.3) is 11.8 Å². The summed E-state index contributed by atoms with van der Waals surface area (Å²) in [4.78, 5) is 41.7. The predicted molar refractivity (Wildman–Crippen MR) is 128 cm³/mol. The van der Waals surface area contributed by atoms with Crippen LogP contribution in [0.2, 0.25) is 0 Å². The number of hydrogen-bond donors (Lipinski definition) is 2. The van der Waals surface area contributed by atoms with Gasteiger partial charge in [0.1, 0.15) is 5.54 Å². The number of amides is 4. The van der Waals surface area contributed by atoms with Crippen molar-refractivity contribution in [3.63, 3.8) is 0 Å². The molecule has 0 saturated carbocycles. The van der Waals surface area contributed by atoms with E-state index in [-0.39, 0.29) is 17.7 Å². The number of aryl methyl sites for hydroxylation is 1. The van der Waals surface area contributed by atoms with Crippen LogP contribution < -0.4 is 15.5 Å². The van der Waals surface area contributed by atoms with E-state index in [0.717, 1.165) is 29.7 Å². The molecule has 34 heavy (non-hydrogen) atoms. The van der Waals surface area contributed by atoms with E-state index in [2.05, 4.69) is 32.8 Å². The zero-order chi connectivity index (χ0) is 24.0. The quantitative estimate of drug-likeness (QED) is 0.582. The molecule has 2 aliphatic heterocycles. The van der Waals surface area contributed by atoms with Crippen molar-refractivity contribution in [1.82, 2.24) is 25.3 Å². The van der Waals surface area contributed by atoms with Gasteiger partial charge in [0, 0.05) is 49.9 Å². The molecule has 0 aliphatic carbocycles. The number of hydrogen-bond acceptors (Lipinski definition) is 5. The van der Waals surface area contributed by atoms with E-state index in [1.165, 1.54) is 0 Å². The van der Waals surface area contributed by atoms with Crippen LogP contribution in [0.5, 0.6) is 0 Å². The third-order valence-corrected chi connectivity index (χ3v) is 7.03. The van der Waals surface area contributed by atoms with E-state index in [1.807, 2.05) is 42.7 Å². The van der Waals surface area contributed by atoms with Crippen LogP contribution in [0, 0.1) is 5.92 Å². The maximum atomic E-state index is 13.2. The molecule has 5 rings (SSSR count). The highest BCUT2D eigenvalue weighted by atomic mass is 16.2. The van der Waals surface area contributed by atoms with Gasteiger partial charge < -0.3 is 15.1 Å². The standard InChI is InChI=1S/C25H28N6O3/c1-16(2)25(23(33)27-24(34)28-25)18-9-7-17(8-10-18)22(32)31-13-11-30(12-14-31)21-6-4-5-20-19(21)15-26-29(20)3/h4-10,15-16H,11-14H2,1-3H3,(H2,27,28,33,34)/t25-/m1/s1. The summed E-state index contributed by atoms with van der Waals surface area (Å²) in [6, 6.07) is 12.7. The monoisotopic (exact) mass is 460 g/mol. The Labute approximate surface area is 197 Å². The first-order valence-corrected chi connectivity index (χ1v) is 11.5. The van der Waals surface area contributed by atoms with Crippen molar-refractivity contribution in [3.8, 4) is 0 Å². The molecule has 0 radical (unpaired) electrons. The van der Waals surface area contributed by atoms with E-state index in [1.54, 1.807) is 24.3 Å². The Hall–Kier alpha value is -3.88. The smallest absolute Gasteiger partial charge is 0.322 e. The van der Waals surface area contributed by atoms with E-state index in [4.69, 9.17) is 0 Å². The van der Waals surface area contributed by atoms with Gasteiger partial charge in [0.05, 0.1) is 11.7 Å². The minimum Gasteiger partial charge on any atom is -0.367 e. The lowest BCUT2D eigenvalue weighted by Gasteiger charge is -2.36. The summed E-state index contributed by atoms with van der Waals surface area (Å²) in [5, 5.41) is 10.6. The molecule has 2 fully saturated rings. The second-order valence-electron chi connectivity index (χ2n) is 9.21. The van der Waals surface area contributed by atoms with E-state index >= 15 is 0 Å². The van der Waals surface area contributed by atoms with Crippen LogP contribution in [0.1, 0.15) is 29.8 Å². The Bertz CT molecular complexity index is 1270. The first-order valence-electron chi connectivity index (χ1n) is 11.5. The summed E-state index contributed by atoms with van der Waals surface area (Å²) in [6.45, 7) is 6.48. The van der Waals surface area contributed by atoms with E-state index in [9.17, 15) is 14.4 Å². The largest absolute Gasteiger partial charge is 0.367 e. The molecule has 0 spiro atoms. The van der Waals surface area contributed by atoms with Crippen molar-refractivity contribution in [2.75, 3.05) is 31.1 Å². The third-order valence-electron chi connectivity index (χ3n) is 7.03. The molecule has 4 amide bonds. The molecule has 9 heteroatoms. The van der Waals surface area contributed by atoms with Crippen LogP contribution in [0.15, 0.2) is 48.7 Å². The molecule has 2 aliphatic rings. The minimum atomic E-state index is -1.13. The molecule has 1 atom stereocenters. The summed E-state index contributed by atoms with van der Waals surface area (Å²) >= 11 is 0. The number of nitrogens with one attached hydrogen (secondary N) is 2. The van der Waals surface area contributed by atoms with Gasteiger partial charge in [-0.15, -0.1) is 0 Å². The number of benzene rings is 2. The molecule has 0 bridgehead atoms. The van der Waals surface area contributed by atoms with Crippen LogP contribution in [-0.2, 0) is 17.4 Å². The number of aromatic nitrogens is 2. The molecule has 2 aromatic carbocycles. The molecule has 3 aromatic rings. The second kappa shape index (κ2) is 8.16. The summed E-state index contributed by atoms with van der Waals surface area (Å²) in [5.74, 6) is -0.562. The van der Waals surface area contributed by atoms with Crippen molar-refractivity contribution in [2.24, 2.45) is 13.0 Å². The van der Waals surface area contributed by atoms with Gasteiger partial charge in [-0.3, -0.25) is 19.6 Å². The Morgan fingerprint density at radius 1 is 1.03 bits per heavy atom. The van der Waals surface area contributed by atoms with E-state index in [0.29, 0.717) is 24.2 Å². The normalized spacial score (nSPS) is 20.7. The Morgan fingerprint density at radius 3 is 2.35 bits per heavy atom. The highest BCUT2D eigenvalue weighted by molar-refractivity contribution is 6.07. The van der Waals surface area contributed by atoms with Gasteiger partial charge in [-0.2, -0.15) is 5.10 Å². The van der Waals surface area contributed by atoms with Gasteiger partial charge in [-0.05, 0) is 35.7 Å². The molecule has 1 aromatic heterocycles. The van der Waals surface area contributed by atoms with Crippen LogP contribution in [0.25, 0.3) is 10.9 Å². The van der Waals surface area contributed by atoms with Gasteiger partial charge in [-0.25, -0.2) is 4.79 Å². The first kappa shape index (κ1) is 21.9. The van der Waals surface area contributed by atoms with Gasteiger partial charge in [0.15, 0.2) is 0 Å². The highest BCUT2D eigenvalue weighted by Gasteiger charge is 2.50. The lowest BCUT2D eigenvalue weighted by molar-refractivity contribution is -0.125. The average Bonchev–Trinajstić information content (AvgIpc) is 3.38. The second-order valence-corrected chi connectivity index (χ2v) is 9.21. The maximum Gasteiger partial charge on any atom is 0.322 e. The fourth-order valence-electron chi connectivity index (χ4n) is 5.06. The minimum absolute atomic E-state index is 0.0377. The van der Waals surface area contributed by atoms with Crippen molar-refractivity contribution >= 4 is 34.4 Å². The van der Waals surface area contributed by atoms with Gasteiger partial charge in [0.2, 0.25) is 0 Å². The van der Waals surface area contributed by atoms with Crippen molar-refractivity contribution < 1.29 is 14.4 Å². The van der Waals surface area contributed by atoms with Crippen LogP contribution in [0.3, 0.4) is 0 Å². The summed E-state index contributed by atoms with van der Waals surface area (Å²) in [5.41, 5.74) is 2.32. The fraction of sp³-hybridized carbons (Fsp3) is 0.360. The maximum absolute atomic E-state index is 13.2. The summed E-state index contributed by atoms with van der Waals surface area (Å²) < 4.78 is 1.87. The molecule has 2 saturated heterocycles. The number of carbonyl (C=O) groups is 3. The lowest BCUT2D eigenvalue weighted by atomic mass is 9.79. The molecule has 2 N–H and O–H groups in total. The number of carbonyl (C=O) groups excluding carboxylic acids is 3. The molecule has 176 valence electrons. The summed E-state index contributed by atoms with van der Waals surface area (Å²) in [6.07, 6.45) is 1.89. The SMILES string of the molecule is CC(C)[C@]1(c2ccc(C(=O)N3CCN(c4cccc5c4cnn5C)CC3)cc2)NC(=O)NC1=O. The molecular weight excluding hydrogens is 432 g/mol.